The first kappa shape index (κ1) is 16.7. The van der Waals surface area contributed by atoms with Crippen LogP contribution in [0, 0.1) is 6.92 Å². The van der Waals surface area contributed by atoms with Crippen LogP contribution in [0.2, 0.25) is 0 Å². The maximum Gasteiger partial charge on any atom is 0.261 e. The fraction of sp³-hybridized carbons (Fsp3) is 0.211. The Morgan fingerprint density at radius 1 is 1.16 bits per heavy atom. The number of amides is 1. The average molecular weight is 336 g/mol. The van der Waals surface area contributed by atoms with E-state index in [9.17, 15) is 4.79 Å². The van der Waals surface area contributed by atoms with Gasteiger partial charge in [0.25, 0.3) is 5.91 Å². The van der Waals surface area contributed by atoms with Crippen molar-refractivity contribution in [3.8, 4) is 11.4 Å². The molecule has 0 fully saturated rings. The molecule has 0 aliphatic rings. The number of aryl methyl sites for hydroxylation is 1. The number of rotatable bonds is 6. The number of nitrogens with one attached hydrogen (secondary N) is 1. The second-order valence-corrected chi connectivity index (χ2v) is 5.74. The molecule has 3 rings (SSSR count). The minimum absolute atomic E-state index is 0.205. The fourth-order valence-electron chi connectivity index (χ4n) is 2.37. The zero-order valence-electron chi connectivity index (χ0n) is 14.2. The van der Waals surface area contributed by atoms with Crippen molar-refractivity contribution in [3.63, 3.8) is 0 Å². The highest BCUT2D eigenvalue weighted by atomic mass is 16.5. The van der Waals surface area contributed by atoms with Gasteiger partial charge in [0.05, 0.1) is 6.54 Å². The van der Waals surface area contributed by atoms with E-state index >= 15 is 0 Å². The summed E-state index contributed by atoms with van der Waals surface area (Å²) in [6, 6.07) is 17.3. The van der Waals surface area contributed by atoms with Gasteiger partial charge in [-0.3, -0.25) is 9.36 Å². The molecule has 6 heteroatoms. The lowest BCUT2D eigenvalue weighted by Gasteiger charge is -2.15. The van der Waals surface area contributed by atoms with Crippen LogP contribution in [0.15, 0.2) is 60.9 Å². The van der Waals surface area contributed by atoms with Gasteiger partial charge in [-0.15, -0.1) is 10.2 Å². The van der Waals surface area contributed by atoms with Crippen molar-refractivity contribution in [1.29, 1.82) is 0 Å². The van der Waals surface area contributed by atoms with Crippen LogP contribution in [0.5, 0.6) is 5.75 Å². The number of carbonyl (C=O) groups is 1. The molecule has 0 radical (unpaired) electrons. The van der Waals surface area contributed by atoms with Gasteiger partial charge in [0.2, 0.25) is 0 Å². The highest BCUT2D eigenvalue weighted by Gasteiger charge is 2.16. The van der Waals surface area contributed by atoms with Crippen molar-refractivity contribution >= 4 is 5.91 Å². The summed E-state index contributed by atoms with van der Waals surface area (Å²) in [6.07, 6.45) is 1.03. The maximum absolute atomic E-state index is 12.3. The first-order valence-electron chi connectivity index (χ1n) is 8.09. The molecule has 1 N–H and O–H groups in total. The topological polar surface area (TPSA) is 69.0 Å². The Bertz CT molecular complexity index is 828. The van der Waals surface area contributed by atoms with Gasteiger partial charge in [0.1, 0.15) is 12.1 Å². The molecule has 3 aromatic rings. The lowest BCUT2D eigenvalue weighted by Crippen LogP contribution is -2.36. The van der Waals surface area contributed by atoms with Crippen LogP contribution in [0.25, 0.3) is 5.69 Å². The molecule has 0 aliphatic heterocycles. The zero-order chi connectivity index (χ0) is 17.6. The van der Waals surface area contributed by atoms with Crippen LogP contribution in [0.1, 0.15) is 18.3 Å². The van der Waals surface area contributed by atoms with E-state index in [-0.39, 0.29) is 12.5 Å². The summed E-state index contributed by atoms with van der Waals surface area (Å²) in [6.45, 7) is 4.00. The summed E-state index contributed by atoms with van der Waals surface area (Å²) in [4.78, 5) is 12.3. The van der Waals surface area contributed by atoms with Crippen LogP contribution in [-0.2, 0) is 11.3 Å². The third-order valence-electron chi connectivity index (χ3n) is 3.78. The zero-order valence-corrected chi connectivity index (χ0v) is 14.2. The number of aromatic nitrogens is 3. The van der Waals surface area contributed by atoms with E-state index in [1.165, 1.54) is 0 Å². The van der Waals surface area contributed by atoms with Crippen LogP contribution in [-0.4, -0.2) is 26.8 Å². The Morgan fingerprint density at radius 2 is 1.88 bits per heavy atom. The van der Waals surface area contributed by atoms with Crippen molar-refractivity contribution in [2.75, 3.05) is 0 Å². The molecule has 0 unspecified atom stereocenters. The Kier molecular flexibility index (Phi) is 5.09. The van der Waals surface area contributed by atoms with Crippen molar-refractivity contribution in [3.05, 3.63) is 72.3 Å². The van der Waals surface area contributed by atoms with E-state index < -0.39 is 6.10 Å². The van der Waals surface area contributed by atoms with E-state index in [4.69, 9.17) is 4.74 Å². The molecule has 0 bridgehead atoms. The number of ether oxygens (including phenoxy) is 1. The van der Waals surface area contributed by atoms with Crippen molar-refractivity contribution < 1.29 is 9.53 Å². The van der Waals surface area contributed by atoms with Crippen LogP contribution in [0.4, 0.5) is 0 Å². The Morgan fingerprint density at radius 3 is 2.60 bits per heavy atom. The Labute approximate surface area is 146 Å². The van der Waals surface area contributed by atoms with Crippen LogP contribution >= 0.6 is 0 Å². The molecule has 0 saturated heterocycles. The van der Waals surface area contributed by atoms with Crippen molar-refractivity contribution in [1.82, 2.24) is 20.1 Å². The number of carbonyl (C=O) groups excluding carboxylic acids is 1. The van der Waals surface area contributed by atoms with E-state index in [1.54, 1.807) is 13.3 Å². The lowest BCUT2D eigenvalue weighted by atomic mass is 10.2. The molecule has 1 amide bonds. The number of nitrogens with zero attached hydrogens (tertiary/aromatic N) is 3. The predicted molar refractivity (Wildman–Crippen MR) is 94.5 cm³/mol. The Balaban J connectivity index is 1.59. The molecule has 1 aromatic heterocycles. The molecular weight excluding hydrogens is 316 g/mol. The predicted octanol–water partition coefficient (Wildman–Crippen LogP) is 2.66. The SMILES string of the molecule is Cc1ccc(O[C@@H](C)C(=O)NCc2nncn2-c2ccccc2)cc1. The van der Waals surface area contributed by atoms with E-state index in [0.717, 1.165) is 11.3 Å². The van der Waals surface area contributed by atoms with E-state index in [2.05, 4.69) is 15.5 Å². The molecule has 25 heavy (non-hydrogen) atoms. The summed E-state index contributed by atoms with van der Waals surface area (Å²) >= 11 is 0. The normalized spacial score (nSPS) is 11.8. The first-order valence-corrected chi connectivity index (χ1v) is 8.09. The first-order chi connectivity index (χ1) is 12.1. The fourth-order valence-corrected chi connectivity index (χ4v) is 2.37. The van der Waals surface area contributed by atoms with Gasteiger partial charge < -0.3 is 10.1 Å². The molecule has 1 heterocycles. The summed E-state index contributed by atoms with van der Waals surface area (Å²) in [5.74, 6) is 1.12. The van der Waals surface area contributed by atoms with E-state index in [1.807, 2.05) is 66.1 Å². The average Bonchev–Trinajstić information content (AvgIpc) is 3.11. The number of para-hydroxylation sites is 1. The summed E-state index contributed by atoms with van der Waals surface area (Å²) in [5.41, 5.74) is 2.09. The molecular formula is C19H20N4O2. The third kappa shape index (κ3) is 4.23. The van der Waals surface area contributed by atoms with Gasteiger partial charge in [-0.1, -0.05) is 35.9 Å². The highest BCUT2D eigenvalue weighted by molar-refractivity contribution is 5.80. The summed E-state index contributed by atoms with van der Waals surface area (Å²) < 4.78 is 7.50. The molecule has 0 aliphatic carbocycles. The molecule has 1 atom stereocenters. The van der Waals surface area contributed by atoms with Gasteiger partial charge >= 0.3 is 0 Å². The van der Waals surface area contributed by atoms with Crippen molar-refractivity contribution in [2.45, 2.75) is 26.5 Å². The van der Waals surface area contributed by atoms with Gasteiger partial charge in [0, 0.05) is 5.69 Å². The third-order valence-corrected chi connectivity index (χ3v) is 3.78. The number of benzene rings is 2. The highest BCUT2D eigenvalue weighted by Crippen LogP contribution is 2.13. The maximum atomic E-state index is 12.3. The summed E-state index contributed by atoms with van der Waals surface area (Å²) in [7, 11) is 0. The second kappa shape index (κ2) is 7.61. The molecule has 2 aromatic carbocycles. The molecule has 128 valence electrons. The lowest BCUT2D eigenvalue weighted by molar-refractivity contribution is -0.127. The quantitative estimate of drug-likeness (QED) is 0.751. The molecule has 6 nitrogen and oxygen atoms in total. The summed E-state index contributed by atoms with van der Waals surface area (Å²) in [5, 5.41) is 10.8. The van der Waals surface area contributed by atoms with Crippen LogP contribution in [0.3, 0.4) is 0 Å². The largest absolute Gasteiger partial charge is 0.481 e. The van der Waals surface area contributed by atoms with Gasteiger partial charge in [0.15, 0.2) is 11.9 Å². The minimum Gasteiger partial charge on any atom is -0.481 e. The van der Waals surface area contributed by atoms with Gasteiger partial charge in [-0.25, -0.2) is 0 Å². The Hall–Kier alpha value is -3.15. The monoisotopic (exact) mass is 336 g/mol. The molecule has 0 spiro atoms. The van der Waals surface area contributed by atoms with Gasteiger partial charge in [-0.2, -0.15) is 0 Å². The van der Waals surface area contributed by atoms with Gasteiger partial charge in [-0.05, 0) is 38.1 Å². The molecule has 0 saturated carbocycles. The standard InChI is InChI=1S/C19H20N4O2/c1-14-8-10-17(11-9-14)25-15(2)19(24)20-12-18-22-21-13-23(18)16-6-4-3-5-7-16/h3-11,13,15H,12H2,1-2H3,(H,20,24)/t15-/m0/s1. The van der Waals surface area contributed by atoms with Crippen LogP contribution < -0.4 is 10.1 Å². The smallest absolute Gasteiger partial charge is 0.261 e. The van der Waals surface area contributed by atoms with Crippen molar-refractivity contribution in [2.24, 2.45) is 0 Å². The second-order valence-electron chi connectivity index (χ2n) is 5.74. The van der Waals surface area contributed by atoms with E-state index in [0.29, 0.717) is 11.6 Å². The number of hydrogen-bond acceptors (Lipinski definition) is 4. The minimum atomic E-state index is -0.601. The number of hydrogen-bond donors (Lipinski definition) is 1.